The van der Waals surface area contributed by atoms with Gasteiger partial charge in [0.15, 0.2) is 0 Å². The van der Waals surface area contributed by atoms with Crippen LogP contribution in [0.5, 0.6) is 5.75 Å². The van der Waals surface area contributed by atoms with Crippen molar-refractivity contribution in [1.29, 1.82) is 0 Å². The van der Waals surface area contributed by atoms with Gasteiger partial charge in [0.05, 0.1) is 6.10 Å². The van der Waals surface area contributed by atoms with Crippen molar-refractivity contribution in [2.24, 2.45) is 0 Å². The van der Waals surface area contributed by atoms with E-state index in [-0.39, 0.29) is 11.9 Å². The van der Waals surface area contributed by atoms with Crippen LogP contribution in [0, 0.1) is 5.82 Å². The standard InChI is InChI=1S/C25H35FO/c1-4-6-8-10-11-20(3)27-25-18-23(17-24(26)19-25)22-15-13-21(14-16-22)12-9-7-5-2/h13-20H,4-12H2,1-3H3/t20-/m0/s1. The normalized spacial score (nSPS) is 12.1. The van der Waals surface area contributed by atoms with Crippen LogP contribution in [0.3, 0.4) is 0 Å². The Morgan fingerprint density at radius 1 is 0.815 bits per heavy atom. The monoisotopic (exact) mass is 370 g/mol. The Labute approximate surface area is 165 Å². The lowest BCUT2D eigenvalue weighted by atomic mass is 10.0. The summed E-state index contributed by atoms with van der Waals surface area (Å²) in [6, 6.07) is 13.5. The summed E-state index contributed by atoms with van der Waals surface area (Å²) >= 11 is 0. The minimum Gasteiger partial charge on any atom is -0.491 e. The number of hydrogen-bond acceptors (Lipinski definition) is 1. The van der Waals surface area contributed by atoms with Gasteiger partial charge in [-0.15, -0.1) is 0 Å². The number of rotatable bonds is 12. The second-order valence-electron chi connectivity index (χ2n) is 7.61. The zero-order valence-corrected chi connectivity index (χ0v) is 17.3. The van der Waals surface area contributed by atoms with Gasteiger partial charge in [0.25, 0.3) is 0 Å². The third-order valence-corrected chi connectivity index (χ3v) is 5.03. The molecule has 0 fully saturated rings. The van der Waals surface area contributed by atoms with Crippen molar-refractivity contribution in [2.75, 3.05) is 0 Å². The SMILES string of the molecule is CCCCCC[C@H](C)Oc1cc(F)cc(-c2ccc(CCCCC)cc2)c1. The van der Waals surface area contributed by atoms with Crippen LogP contribution in [0.2, 0.25) is 0 Å². The molecule has 0 unspecified atom stereocenters. The highest BCUT2D eigenvalue weighted by molar-refractivity contribution is 5.65. The molecule has 0 radical (unpaired) electrons. The maximum absolute atomic E-state index is 14.1. The largest absolute Gasteiger partial charge is 0.491 e. The van der Waals surface area contributed by atoms with Crippen LogP contribution < -0.4 is 4.74 Å². The van der Waals surface area contributed by atoms with E-state index in [0.29, 0.717) is 5.75 Å². The molecular formula is C25H35FO. The molecule has 1 nitrogen and oxygen atoms in total. The fraction of sp³-hybridized carbons (Fsp3) is 0.520. The van der Waals surface area contributed by atoms with Gasteiger partial charge in [-0.2, -0.15) is 0 Å². The average Bonchev–Trinajstić information content (AvgIpc) is 2.65. The molecule has 0 saturated carbocycles. The van der Waals surface area contributed by atoms with E-state index >= 15 is 0 Å². The Hall–Kier alpha value is -1.83. The van der Waals surface area contributed by atoms with Gasteiger partial charge in [-0.1, -0.05) is 70.2 Å². The van der Waals surface area contributed by atoms with Gasteiger partial charge in [0.1, 0.15) is 11.6 Å². The number of unbranched alkanes of at least 4 members (excludes halogenated alkanes) is 5. The van der Waals surface area contributed by atoms with E-state index in [4.69, 9.17) is 4.74 Å². The predicted octanol–water partition coefficient (Wildman–Crippen LogP) is 7.96. The highest BCUT2D eigenvalue weighted by Crippen LogP contribution is 2.27. The van der Waals surface area contributed by atoms with Crippen molar-refractivity contribution in [3.8, 4) is 16.9 Å². The summed E-state index contributed by atoms with van der Waals surface area (Å²) < 4.78 is 20.1. The number of halogens is 1. The van der Waals surface area contributed by atoms with E-state index < -0.39 is 0 Å². The minimum atomic E-state index is -0.243. The second kappa shape index (κ2) is 11.8. The smallest absolute Gasteiger partial charge is 0.127 e. The van der Waals surface area contributed by atoms with Crippen molar-refractivity contribution in [3.05, 3.63) is 53.8 Å². The molecule has 148 valence electrons. The van der Waals surface area contributed by atoms with E-state index in [1.807, 2.05) is 6.07 Å². The summed E-state index contributed by atoms with van der Waals surface area (Å²) in [5, 5.41) is 0. The van der Waals surface area contributed by atoms with Crippen molar-refractivity contribution in [2.45, 2.75) is 84.7 Å². The van der Waals surface area contributed by atoms with Crippen LogP contribution >= 0.6 is 0 Å². The Morgan fingerprint density at radius 2 is 1.52 bits per heavy atom. The fourth-order valence-corrected chi connectivity index (χ4v) is 3.39. The Morgan fingerprint density at radius 3 is 2.22 bits per heavy atom. The zero-order valence-electron chi connectivity index (χ0n) is 17.3. The van der Waals surface area contributed by atoms with Gasteiger partial charge < -0.3 is 4.74 Å². The summed E-state index contributed by atoms with van der Waals surface area (Å²) in [7, 11) is 0. The van der Waals surface area contributed by atoms with E-state index in [9.17, 15) is 4.39 Å². The Kier molecular flexibility index (Phi) is 9.38. The first-order valence-corrected chi connectivity index (χ1v) is 10.7. The summed E-state index contributed by atoms with van der Waals surface area (Å²) in [6.45, 7) is 6.51. The summed E-state index contributed by atoms with van der Waals surface area (Å²) in [4.78, 5) is 0. The third-order valence-electron chi connectivity index (χ3n) is 5.03. The van der Waals surface area contributed by atoms with Crippen LogP contribution in [0.15, 0.2) is 42.5 Å². The van der Waals surface area contributed by atoms with Crippen molar-refractivity contribution in [3.63, 3.8) is 0 Å². The minimum absolute atomic E-state index is 0.109. The van der Waals surface area contributed by atoms with Gasteiger partial charge >= 0.3 is 0 Å². The first kappa shape index (κ1) is 21.5. The first-order chi connectivity index (χ1) is 13.1. The maximum atomic E-state index is 14.1. The summed E-state index contributed by atoms with van der Waals surface area (Å²) in [5.41, 5.74) is 3.26. The van der Waals surface area contributed by atoms with Gasteiger partial charge in [-0.25, -0.2) is 4.39 Å². The lowest BCUT2D eigenvalue weighted by molar-refractivity contribution is 0.205. The first-order valence-electron chi connectivity index (χ1n) is 10.7. The lowest BCUT2D eigenvalue weighted by Crippen LogP contribution is -2.11. The van der Waals surface area contributed by atoms with Gasteiger partial charge in [-0.05, 0) is 61.4 Å². The van der Waals surface area contributed by atoms with E-state index in [1.54, 1.807) is 6.07 Å². The fourth-order valence-electron chi connectivity index (χ4n) is 3.39. The summed E-state index contributed by atoms with van der Waals surface area (Å²) in [5.74, 6) is 0.382. The zero-order chi connectivity index (χ0) is 19.5. The molecule has 0 heterocycles. The van der Waals surface area contributed by atoms with Crippen LogP contribution in [-0.2, 0) is 6.42 Å². The van der Waals surface area contributed by atoms with Crippen LogP contribution in [0.25, 0.3) is 11.1 Å². The topological polar surface area (TPSA) is 9.23 Å². The molecular weight excluding hydrogens is 335 g/mol. The van der Waals surface area contributed by atoms with Crippen LogP contribution in [-0.4, -0.2) is 6.10 Å². The molecule has 2 aromatic rings. The average molecular weight is 371 g/mol. The second-order valence-corrected chi connectivity index (χ2v) is 7.61. The molecule has 0 aliphatic rings. The highest BCUT2D eigenvalue weighted by atomic mass is 19.1. The molecule has 27 heavy (non-hydrogen) atoms. The van der Waals surface area contributed by atoms with Gasteiger partial charge in [-0.3, -0.25) is 0 Å². The molecule has 0 N–H and O–H groups in total. The molecule has 0 bridgehead atoms. The van der Waals surface area contributed by atoms with Crippen LogP contribution in [0.4, 0.5) is 4.39 Å². The third kappa shape index (κ3) is 7.74. The quantitative estimate of drug-likeness (QED) is 0.344. The molecule has 2 rings (SSSR count). The molecule has 2 aromatic carbocycles. The van der Waals surface area contributed by atoms with E-state index in [1.165, 1.54) is 50.2 Å². The number of aryl methyl sites for hydroxylation is 1. The maximum Gasteiger partial charge on any atom is 0.127 e. The van der Waals surface area contributed by atoms with E-state index in [2.05, 4.69) is 45.0 Å². The molecule has 2 heteroatoms. The Bertz CT molecular complexity index is 663. The van der Waals surface area contributed by atoms with Crippen molar-refractivity contribution in [1.82, 2.24) is 0 Å². The van der Waals surface area contributed by atoms with Gasteiger partial charge in [0, 0.05) is 6.07 Å². The predicted molar refractivity (Wildman–Crippen MR) is 114 cm³/mol. The Balaban J connectivity index is 1.99. The van der Waals surface area contributed by atoms with E-state index in [0.717, 1.165) is 30.4 Å². The number of ether oxygens (including phenoxy) is 1. The molecule has 0 aliphatic carbocycles. The molecule has 0 spiro atoms. The molecule has 0 aromatic heterocycles. The molecule has 0 saturated heterocycles. The lowest BCUT2D eigenvalue weighted by Gasteiger charge is -2.16. The van der Waals surface area contributed by atoms with Gasteiger partial charge in [0.2, 0.25) is 0 Å². The number of benzene rings is 2. The van der Waals surface area contributed by atoms with Crippen molar-refractivity contribution < 1.29 is 9.13 Å². The summed E-state index contributed by atoms with van der Waals surface area (Å²) in [6.07, 6.45) is 10.9. The van der Waals surface area contributed by atoms with Crippen molar-refractivity contribution >= 4 is 0 Å². The molecule has 1 atom stereocenters. The molecule has 0 amide bonds. The molecule has 0 aliphatic heterocycles. The van der Waals surface area contributed by atoms with Crippen LogP contribution in [0.1, 0.15) is 77.7 Å². The number of hydrogen-bond donors (Lipinski definition) is 0. The highest BCUT2D eigenvalue weighted by Gasteiger charge is 2.08.